The number of nitrogens with zero attached hydrogens (tertiary/aromatic N) is 1. The van der Waals surface area contributed by atoms with E-state index in [-0.39, 0.29) is 18.1 Å². The van der Waals surface area contributed by atoms with Crippen LogP contribution in [0.5, 0.6) is 5.75 Å². The maximum atomic E-state index is 12.9. The zero-order chi connectivity index (χ0) is 20.2. The Morgan fingerprint density at radius 3 is 2.41 bits per heavy atom. The van der Waals surface area contributed by atoms with E-state index >= 15 is 0 Å². The second-order valence-corrected chi connectivity index (χ2v) is 8.46. The van der Waals surface area contributed by atoms with Gasteiger partial charge in [-0.25, -0.2) is 4.79 Å². The van der Waals surface area contributed by atoms with Gasteiger partial charge in [0.05, 0.1) is 11.7 Å². The Hall–Kier alpha value is -1.95. The fourth-order valence-corrected chi connectivity index (χ4v) is 3.07. The van der Waals surface area contributed by atoms with Crippen LogP contribution in [0, 0.1) is 0 Å². The zero-order valence-electron chi connectivity index (χ0n) is 16.7. The Bertz CT molecular complexity index is 677. The van der Waals surface area contributed by atoms with E-state index in [0.29, 0.717) is 42.3 Å². The van der Waals surface area contributed by atoms with Gasteiger partial charge in [0.25, 0.3) is 5.91 Å². The number of carbonyl (C=O) groups excluding carboxylic acids is 2. The third-order valence-electron chi connectivity index (χ3n) is 4.04. The zero-order valence-corrected chi connectivity index (χ0v) is 17.4. The third-order valence-corrected chi connectivity index (χ3v) is 4.27. The lowest BCUT2D eigenvalue weighted by Crippen LogP contribution is -2.47. The smallest absolute Gasteiger partial charge is 0.407 e. The van der Waals surface area contributed by atoms with Gasteiger partial charge < -0.3 is 19.7 Å². The molecule has 1 N–H and O–H groups in total. The SMILES string of the molecule is CC(C)Oc1ccc(Cl)cc1C(=O)N1CCC(NC(=O)OC(C)(C)C)CC1. The van der Waals surface area contributed by atoms with Crippen LogP contribution in [0.4, 0.5) is 4.79 Å². The van der Waals surface area contributed by atoms with Crippen molar-refractivity contribution in [2.75, 3.05) is 13.1 Å². The van der Waals surface area contributed by atoms with Crippen molar-refractivity contribution < 1.29 is 19.1 Å². The molecule has 7 heteroatoms. The Labute approximate surface area is 166 Å². The molecule has 2 amide bonds. The van der Waals surface area contributed by atoms with Gasteiger partial charge in [0.2, 0.25) is 0 Å². The molecule has 150 valence electrons. The van der Waals surface area contributed by atoms with Crippen molar-refractivity contribution in [1.82, 2.24) is 10.2 Å². The Balaban J connectivity index is 1.97. The third kappa shape index (κ3) is 6.61. The maximum Gasteiger partial charge on any atom is 0.407 e. The van der Waals surface area contributed by atoms with Crippen molar-refractivity contribution in [2.24, 2.45) is 0 Å². The molecule has 0 spiro atoms. The molecule has 0 bridgehead atoms. The topological polar surface area (TPSA) is 67.9 Å². The van der Waals surface area contributed by atoms with Crippen LogP contribution < -0.4 is 10.1 Å². The molecule has 1 aliphatic heterocycles. The summed E-state index contributed by atoms with van der Waals surface area (Å²) in [7, 11) is 0. The molecular weight excluding hydrogens is 368 g/mol. The highest BCUT2D eigenvalue weighted by Gasteiger charge is 2.28. The van der Waals surface area contributed by atoms with Crippen LogP contribution in [0.1, 0.15) is 57.8 Å². The minimum Gasteiger partial charge on any atom is -0.490 e. The molecule has 1 saturated heterocycles. The lowest BCUT2D eigenvalue weighted by atomic mass is 10.0. The summed E-state index contributed by atoms with van der Waals surface area (Å²) in [5.74, 6) is 0.428. The van der Waals surface area contributed by atoms with Crippen molar-refractivity contribution in [2.45, 2.75) is 65.2 Å². The Morgan fingerprint density at radius 1 is 1.22 bits per heavy atom. The predicted molar refractivity (Wildman–Crippen MR) is 106 cm³/mol. The molecule has 0 radical (unpaired) electrons. The number of carbonyl (C=O) groups is 2. The van der Waals surface area contributed by atoms with Gasteiger partial charge in [-0.15, -0.1) is 0 Å². The predicted octanol–water partition coefficient (Wildman–Crippen LogP) is 4.26. The molecule has 0 unspecified atom stereocenters. The number of amides is 2. The standard InChI is InChI=1S/C20H29ClN2O4/c1-13(2)26-17-7-6-14(21)12-16(17)18(24)23-10-8-15(9-11-23)22-19(25)27-20(3,4)5/h6-7,12-13,15H,8-11H2,1-5H3,(H,22,25). The molecule has 1 fully saturated rings. The van der Waals surface area contributed by atoms with Crippen LogP contribution in [0.3, 0.4) is 0 Å². The number of benzene rings is 1. The first kappa shape index (κ1) is 21.4. The van der Waals surface area contributed by atoms with E-state index in [0.717, 1.165) is 0 Å². The molecule has 1 aromatic rings. The summed E-state index contributed by atoms with van der Waals surface area (Å²) in [5, 5.41) is 3.37. The van der Waals surface area contributed by atoms with Gasteiger partial charge in [0, 0.05) is 24.2 Å². The van der Waals surface area contributed by atoms with Gasteiger partial charge in [-0.1, -0.05) is 11.6 Å². The van der Waals surface area contributed by atoms with Crippen molar-refractivity contribution in [3.05, 3.63) is 28.8 Å². The first-order valence-corrected chi connectivity index (χ1v) is 9.68. The average Bonchev–Trinajstić information content (AvgIpc) is 2.54. The van der Waals surface area contributed by atoms with Gasteiger partial charge in [-0.3, -0.25) is 4.79 Å². The van der Waals surface area contributed by atoms with Crippen molar-refractivity contribution in [3.8, 4) is 5.75 Å². The highest BCUT2D eigenvalue weighted by molar-refractivity contribution is 6.31. The molecular formula is C20H29ClN2O4. The fraction of sp³-hybridized carbons (Fsp3) is 0.600. The number of likely N-dealkylation sites (tertiary alicyclic amines) is 1. The largest absolute Gasteiger partial charge is 0.490 e. The monoisotopic (exact) mass is 396 g/mol. The van der Waals surface area contributed by atoms with E-state index in [1.807, 2.05) is 34.6 Å². The van der Waals surface area contributed by atoms with Crippen molar-refractivity contribution in [3.63, 3.8) is 0 Å². The number of nitrogens with one attached hydrogen (secondary N) is 1. The summed E-state index contributed by atoms with van der Waals surface area (Å²) in [6.45, 7) is 10.4. The van der Waals surface area contributed by atoms with Crippen LogP contribution in [-0.4, -0.2) is 47.7 Å². The summed E-state index contributed by atoms with van der Waals surface area (Å²) in [5.41, 5.74) is -0.0603. The molecule has 1 heterocycles. The van der Waals surface area contributed by atoms with E-state index in [2.05, 4.69) is 5.32 Å². The second-order valence-electron chi connectivity index (χ2n) is 8.02. The normalized spacial score (nSPS) is 15.6. The van der Waals surface area contributed by atoms with E-state index in [1.165, 1.54) is 0 Å². The molecule has 0 aromatic heterocycles. The number of halogens is 1. The molecule has 0 saturated carbocycles. The quantitative estimate of drug-likeness (QED) is 0.825. The number of alkyl carbamates (subject to hydrolysis) is 1. The summed E-state index contributed by atoms with van der Waals surface area (Å²) in [6.07, 6.45) is 0.883. The van der Waals surface area contributed by atoms with Crippen LogP contribution in [-0.2, 0) is 4.74 Å². The molecule has 27 heavy (non-hydrogen) atoms. The van der Waals surface area contributed by atoms with Crippen LogP contribution in [0.2, 0.25) is 5.02 Å². The van der Waals surface area contributed by atoms with Gasteiger partial charge in [-0.05, 0) is 65.7 Å². The summed E-state index contributed by atoms with van der Waals surface area (Å²) >= 11 is 6.08. The number of piperidine rings is 1. The van der Waals surface area contributed by atoms with E-state index in [4.69, 9.17) is 21.1 Å². The molecule has 1 aliphatic rings. The minimum atomic E-state index is -0.528. The summed E-state index contributed by atoms with van der Waals surface area (Å²) in [4.78, 5) is 26.6. The van der Waals surface area contributed by atoms with Crippen LogP contribution >= 0.6 is 11.6 Å². The van der Waals surface area contributed by atoms with Crippen molar-refractivity contribution >= 4 is 23.6 Å². The molecule has 0 atom stereocenters. The van der Waals surface area contributed by atoms with E-state index in [9.17, 15) is 9.59 Å². The highest BCUT2D eigenvalue weighted by atomic mass is 35.5. The molecule has 1 aromatic carbocycles. The number of hydrogen-bond acceptors (Lipinski definition) is 4. The Kier molecular flexibility index (Phi) is 6.98. The maximum absolute atomic E-state index is 12.9. The highest BCUT2D eigenvalue weighted by Crippen LogP contribution is 2.26. The van der Waals surface area contributed by atoms with Crippen LogP contribution in [0.25, 0.3) is 0 Å². The molecule has 0 aliphatic carbocycles. The molecule has 2 rings (SSSR count). The number of rotatable bonds is 4. The van der Waals surface area contributed by atoms with E-state index < -0.39 is 11.7 Å². The van der Waals surface area contributed by atoms with Gasteiger partial charge in [0.15, 0.2) is 0 Å². The lowest BCUT2D eigenvalue weighted by Gasteiger charge is -2.33. The number of ether oxygens (including phenoxy) is 2. The summed E-state index contributed by atoms with van der Waals surface area (Å²) < 4.78 is 11.0. The second kappa shape index (κ2) is 8.83. The van der Waals surface area contributed by atoms with E-state index in [1.54, 1.807) is 23.1 Å². The first-order chi connectivity index (χ1) is 12.5. The van der Waals surface area contributed by atoms with Crippen LogP contribution in [0.15, 0.2) is 18.2 Å². The minimum absolute atomic E-state index is 0.00496. The van der Waals surface area contributed by atoms with Gasteiger partial charge >= 0.3 is 6.09 Å². The lowest BCUT2D eigenvalue weighted by molar-refractivity contribution is 0.0473. The van der Waals surface area contributed by atoms with Gasteiger partial charge in [-0.2, -0.15) is 0 Å². The van der Waals surface area contributed by atoms with Crippen molar-refractivity contribution in [1.29, 1.82) is 0 Å². The molecule has 6 nitrogen and oxygen atoms in total. The van der Waals surface area contributed by atoms with Gasteiger partial charge in [0.1, 0.15) is 11.4 Å². The first-order valence-electron chi connectivity index (χ1n) is 9.30. The fourth-order valence-electron chi connectivity index (χ4n) is 2.90. The average molecular weight is 397 g/mol. The Morgan fingerprint density at radius 2 is 1.85 bits per heavy atom. The number of hydrogen-bond donors (Lipinski definition) is 1. The summed E-state index contributed by atoms with van der Waals surface area (Å²) in [6, 6.07) is 5.08.